The van der Waals surface area contributed by atoms with Gasteiger partial charge < -0.3 is 45.2 Å². The fourth-order valence-electron chi connectivity index (χ4n) is 5.51. The summed E-state index contributed by atoms with van der Waals surface area (Å²) in [7, 11) is 0. The Bertz CT molecular complexity index is 1560. The minimum atomic E-state index is -1.09. The number of hydrogen-bond acceptors (Lipinski definition) is 9. The molecule has 0 aliphatic carbocycles. The van der Waals surface area contributed by atoms with Crippen LogP contribution in [0.3, 0.4) is 0 Å². The van der Waals surface area contributed by atoms with Crippen LogP contribution in [-0.4, -0.2) is 41.8 Å². The van der Waals surface area contributed by atoms with Crippen LogP contribution in [0.5, 0.6) is 46.0 Å². The van der Waals surface area contributed by atoms with Crippen molar-refractivity contribution in [1.29, 1.82) is 0 Å². The van der Waals surface area contributed by atoms with Crippen LogP contribution in [0.25, 0.3) is 0 Å². The van der Waals surface area contributed by atoms with Gasteiger partial charge in [-0.2, -0.15) is 0 Å². The molecule has 0 radical (unpaired) electrons. The summed E-state index contributed by atoms with van der Waals surface area (Å²) >= 11 is 0. The summed E-state index contributed by atoms with van der Waals surface area (Å²) in [5.74, 6) is -0.935. The standard InChI is InChI=1S/C30H26O9/c31-16-4-1-14(2-5-16)26-12-19(18-7-6-17(32)10-27(18)38-26)28-24(36)13-22(34)20-11-25(37)29(39-30(20)28)15-3-8-21(33)23(35)9-15/h1-10,13,19,25-26,29,31-37H,11-12H2/t19-,25+,26+,29-/m1/s1. The minimum absolute atomic E-state index is 0.00221. The van der Waals surface area contributed by atoms with Crippen LogP contribution in [0.15, 0.2) is 66.7 Å². The molecule has 0 fully saturated rings. The van der Waals surface area contributed by atoms with Crippen molar-refractivity contribution in [2.24, 2.45) is 0 Å². The lowest BCUT2D eigenvalue weighted by atomic mass is 9.79. The average Bonchev–Trinajstić information content (AvgIpc) is 2.90. The number of benzene rings is 4. The number of phenolic OH excluding ortho intramolecular Hbond substituents is 6. The van der Waals surface area contributed by atoms with E-state index in [2.05, 4.69) is 0 Å². The van der Waals surface area contributed by atoms with E-state index < -0.39 is 24.2 Å². The Labute approximate surface area is 223 Å². The van der Waals surface area contributed by atoms with Gasteiger partial charge in [-0.1, -0.05) is 24.3 Å². The van der Waals surface area contributed by atoms with Crippen LogP contribution in [0.2, 0.25) is 0 Å². The largest absolute Gasteiger partial charge is 0.508 e. The Kier molecular flexibility index (Phi) is 5.80. The molecule has 7 N–H and O–H groups in total. The number of aromatic hydroxyl groups is 6. The summed E-state index contributed by atoms with van der Waals surface area (Å²) in [5.41, 5.74) is 2.55. The van der Waals surface area contributed by atoms with Gasteiger partial charge in [0.2, 0.25) is 0 Å². The van der Waals surface area contributed by atoms with E-state index in [-0.39, 0.29) is 46.7 Å². The minimum Gasteiger partial charge on any atom is -0.508 e. The van der Waals surface area contributed by atoms with Crippen molar-refractivity contribution < 1.29 is 45.2 Å². The molecule has 4 atom stereocenters. The Balaban J connectivity index is 1.49. The number of ether oxygens (including phenoxy) is 2. The maximum atomic E-state index is 11.2. The van der Waals surface area contributed by atoms with Gasteiger partial charge in [0.25, 0.3) is 0 Å². The lowest BCUT2D eigenvalue weighted by Gasteiger charge is -2.37. The number of rotatable bonds is 3. The van der Waals surface area contributed by atoms with Gasteiger partial charge in [0.1, 0.15) is 46.7 Å². The second-order valence-electron chi connectivity index (χ2n) is 9.90. The van der Waals surface area contributed by atoms with Gasteiger partial charge >= 0.3 is 0 Å². The molecule has 4 aromatic carbocycles. The first kappa shape index (κ1) is 24.6. The van der Waals surface area contributed by atoms with E-state index in [1.165, 1.54) is 36.4 Å². The maximum absolute atomic E-state index is 11.2. The molecule has 0 bridgehead atoms. The van der Waals surface area contributed by atoms with Gasteiger partial charge in [-0.25, -0.2) is 0 Å². The average molecular weight is 531 g/mol. The summed E-state index contributed by atoms with van der Waals surface area (Å²) in [6.45, 7) is 0. The highest BCUT2D eigenvalue weighted by Gasteiger charge is 2.40. The molecular formula is C30H26O9. The number of hydrogen-bond donors (Lipinski definition) is 7. The molecule has 200 valence electrons. The highest BCUT2D eigenvalue weighted by molar-refractivity contribution is 5.63. The zero-order valence-corrected chi connectivity index (χ0v) is 20.5. The SMILES string of the molecule is Oc1ccc([C@@H]2C[C@@H](c3c(O)cc(O)c4c3O[C@H](c3ccc(O)c(O)c3)[C@@H](O)C4)c3ccc(O)cc3O2)cc1. The highest BCUT2D eigenvalue weighted by atomic mass is 16.5. The fourth-order valence-corrected chi connectivity index (χ4v) is 5.51. The zero-order valence-electron chi connectivity index (χ0n) is 20.5. The molecule has 2 aliphatic rings. The molecule has 2 heterocycles. The van der Waals surface area contributed by atoms with Crippen LogP contribution >= 0.6 is 0 Å². The number of fused-ring (bicyclic) bond motifs is 2. The highest BCUT2D eigenvalue weighted by Crippen LogP contribution is 2.55. The van der Waals surface area contributed by atoms with Crippen molar-refractivity contribution in [3.05, 3.63) is 94.5 Å². The Morgan fingerprint density at radius 2 is 1.36 bits per heavy atom. The fraction of sp³-hybridized carbons (Fsp3) is 0.200. The summed E-state index contributed by atoms with van der Waals surface area (Å²) in [4.78, 5) is 0. The molecule has 0 spiro atoms. The summed E-state index contributed by atoms with van der Waals surface area (Å²) in [6, 6.07) is 16.6. The first-order valence-electron chi connectivity index (χ1n) is 12.4. The van der Waals surface area contributed by atoms with Crippen molar-refractivity contribution in [3.63, 3.8) is 0 Å². The van der Waals surface area contributed by atoms with Crippen LogP contribution in [0.4, 0.5) is 0 Å². The molecule has 4 aromatic rings. The number of phenols is 6. The second kappa shape index (κ2) is 9.21. The Hall–Kier alpha value is -4.76. The molecule has 9 nitrogen and oxygen atoms in total. The lowest BCUT2D eigenvalue weighted by molar-refractivity contribution is 0.0184. The van der Waals surface area contributed by atoms with Gasteiger partial charge in [-0.05, 0) is 47.9 Å². The number of aliphatic hydroxyl groups excluding tert-OH is 1. The van der Waals surface area contributed by atoms with Gasteiger partial charge in [0.15, 0.2) is 11.5 Å². The van der Waals surface area contributed by atoms with E-state index in [1.54, 1.807) is 30.3 Å². The molecule has 2 aliphatic heterocycles. The quantitative estimate of drug-likeness (QED) is 0.188. The Morgan fingerprint density at radius 1 is 0.641 bits per heavy atom. The van der Waals surface area contributed by atoms with E-state index in [0.29, 0.717) is 34.4 Å². The second-order valence-corrected chi connectivity index (χ2v) is 9.90. The first-order chi connectivity index (χ1) is 18.7. The maximum Gasteiger partial charge on any atom is 0.157 e. The van der Waals surface area contributed by atoms with Crippen molar-refractivity contribution in [3.8, 4) is 46.0 Å². The molecule has 0 saturated heterocycles. The van der Waals surface area contributed by atoms with Crippen molar-refractivity contribution >= 4 is 0 Å². The van der Waals surface area contributed by atoms with Crippen LogP contribution in [0.1, 0.15) is 52.4 Å². The smallest absolute Gasteiger partial charge is 0.157 e. The topological polar surface area (TPSA) is 160 Å². The van der Waals surface area contributed by atoms with E-state index in [9.17, 15) is 35.7 Å². The van der Waals surface area contributed by atoms with Crippen molar-refractivity contribution in [1.82, 2.24) is 0 Å². The molecule has 0 unspecified atom stereocenters. The molecule has 0 saturated carbocycles. The van der Waals surface area contributed by atoms with Gasteiger partial charge in [-0.15, -0.1) is 0 Å². The summed E-state index contributed by atoms with van der Waals surface area (Å²) in [5, 5.41) is 72.5. The van der Waals surface area contributed by atoms with Crippen molar-refractivity contribution in [2.75, 3.05) is 0 Å². The van der Waals surface area contributed by atoms with Crippen molar-refractivity contribution in [2.45, 2.75) is 37.1 Å². The van der Waals surface area contributed by atoms with E-state index in [0.717, 1.165) is 5.56 Å². The van der Waals surface area contributed by atoms with Crippen LogP contribution in [0, 0.1) is 0 Å². The number of aliphatic hydroxyl groups is 1. The van der Waals surface area contributed by atoms with Crippen LogP contribution < -0.4 is 9.47 Å². The van der Waals surface area contributed by atoms with E-state index in [4.69, 9.17) is 9.47 Å². The monoisotopic (exact) mass is 530 g/mol. The normalized spacial score (nSPS) is 21.8. The van der Waals surface area contributed by atoms with E-state index >= 15 is 0 Å². The predicted octanol–water partition coefficient (Wildman–Crippen LogP) is 4.61. The lowest BCUT2D eigenvalue weighted by Crippen LogP contribution is -2.31. The third-order valence-electron chi connectivity index (χ3n) is 7.42. The molecule has 6 rings (SSSR count). The molecule has 39 heavy (non-hydrogen) atoms. The molecule has 0 aromatic heterocycles. The van der Waals surface area contributed by atoms with Gasteiger partial charge in [0, 0.05) is 41.2 Å². The van der Waals surface area contributed by atoms with E-state index in [1.807, 2.05) is 0 Å². The van der Waals surface area contributed by atoms with Gasteiger partial charge in [0.05, 0.1) is 6.10 Å². The summed E-state index contributed by atoms with van der Waals surface area (Å²) in [6.07, 6.45) is -2.20. The molecule has 9 heteroatoms. The third-order valence-corrected chi connectivity index (χ3v) is 7.42. The van der Waals surface area contributed by atoms with Crippen LogP contribution in [-0.2, 0) is 6.42 Å². The summed E-state index contributed by atoms with van der Waals surface area (Å²) < 4.78 is 12.5. The zero-order chi connectivity index (χ0) is 27.4. The first-order valence-corrected chi connectivity index (χ1v) is 12.4. The predicted molar refractivity (Wildman–Crippen MR) is 139 cm³/mol. The molecule has 0 amide bonds. The molecular weight excluding hydrogens is 504 g/mol. The van der Waals surface area contributed by atoms with Gasteiger partial charge in [-0.3, -0.25) is 0 Å². The Morgan fingerprint density at radius 3 is 2.10 bits per heavy atom. The third kappa shape index (κ3) is 4.26.